The van der Waals surface area contributed by atoms with E-state index in [1.165, 1.54) is 0 Å². The van der Waals surface area contributed by atoms with E-state index in [9.17, 15) is 0 Å². The van der Waals surface area contributed by atoms with Crippen molar-refractivity contribution in [3.63, 3.8) is 0 Å². The highest BCUT2D eigenvalue weighted by Gasteiger charge is 1.50. The molecule has 0 aliphatic carbocycles. The molecular formula is C2H10Cl3NO. The van der Waals surface area contributed by atoms with Crippen molar-refractivity contribution < 1.29 is 5.11 Å². The number of hydrogen-bond donors (Lipinski definition) is 2. The van der Waals surface area contributed by atoms with Crippen molar-refractivity contribution in [1.29, 1.82) is 0 Å². The highest BCUT2D eigenvalue weighted by atomic mass is 35.5. The van der Waals surface area contributed by atoms with Gasteiger partial charge in [0.05, 0.1) is 6.73 Å². The summed E-state index contributed by atoms with van der Waals surface area (Å²) in [5.74, 6) is 0. The summed E-state index contributed by atoms with van der Waals surface area (Å²) in [7, 11) is 1.68. The second-order valence-electron chi connectivity index (χ2n) is 0.512. The summed E-state index contributed by atoms with van der Waals surface area (Å²) < 4.78 is 0. The molecule has 0 spiro atoms. The molecule has 0 bridgehead atoms. The van der Waals surface area contributed by atoms with Crippen molar-refractivity contribution in [2.75, 3.05) is 13.8 Å². The topological polar surface area (TPSA) is 32.3 Å². The van der Waals surface area contributed by atoms with E-state index >= 15 is 0 Å². The van der Waals surface area contributed by atoms with E-state index in [-0.39, 0.29) is 44.0 Å². The molecule has 0 aliphatic heterocycles. The first-order valence-electron chi connectivity index (χ1n) is 1.17. The van der Waals surface area contributed by atoms with Crippen molar-refractivity contribution in [2.45, 2.75) is 0 Å². The molecule has 5 heteroatoms. The van der Waals surface area contributed by atoms with Crippen LogP contribution in [0.3, 0.4) is 0 Å². The average molecular weight is 170 g/mol. The van der Waals surface area contributed by atoms with Crippen LogP contribution in [0.4, 0.5) is 0 Å². The zero-order valence-electron chi connectivity index (χ0n) is 3.88. The highest BCUT2D eigenvalue weighted by molar-refractivity contribution is 5.86. The van der Waals surface area contributed by atoms with E-state index in [4.69, 9.17) is 5.11 Å². The van der Waals surface area contributed by atoms with Gasteiger partial charge in [0.2, 0.25) is 0 Å². The van der Waals surface area contributed by atoms with Crippen LogP contribution >= 0.6 is 37.2 Å². The summed E-state index contributed by atoms with van der Waals surface area (Å²) in [4.78, 5) is 0. The molecule has 0 heterocycles. The molecule has 0 unspecified atom stereocenters. The molecule has 0 amide bonds. The zero-order valence-corrected chi connectivity index (χ0v) is 6.33. The summed E-state index contributed by atoms with van der Waals surface area (Å²) in [6, 6.07) is 0. The van der Waals surface area contributed by atoms with Gasteiger partial charge in [-0.2, -0.15) is 0 Å². The average Bonchev–Trinajstić information content (AvgIpc) is 1.37. The summed E-state index contributed by atoms with van der Waals surface area (Å²) in [5.41, 5.74) is 0. The predicted octanol–water partition coefficient (Wildman–Crippen LogP) is 0.421. The molecular weight excluding hydrogens is 160 g/mol. The minimum absolute atomic E-state index is 0. The van der Waals surface area contributed by atoms with Crippen molar-refractivity contribution in [3.05, 3.63) is 0 Å². The number of nitrogens with one attached hydrogen (secondary N) is 1. The van der Waals surface area contributed by atoms with Gasteiger partial charge in [0, 0.05) is 0 Å². The van der Waals surface area contributed by atoms with Gasteiger partial charge in [-0.15, -0.1) is 37.2 Å². The summed E-state index contributed by atoms with van der Waals surface area (Å²) >= 11 is 0. The lowest BCUT2D eigenvalue weighted by molar-refractivity contribution is 0.273. The van der Waals surface area contributed by atoms with Gasteiger partial charge in [0.1, 0.15) is 0 Å². The van der Waals surface area contributed by atoms with Crippen LogP contribution in [0.1, 0.15) is 0 Å². The van der Waals surface area contributed by atoms with E-state index in [2.05, 4.69) is 5.32 Å². The van der Waals surface area contributed by atoms with Crippen LogP contribution in [0.15, 0.2) is 0 Å². The third kappa shape index (κ3) is 48.6. The molecule has 2 N–H and O–H groups in total. The molecule has 50 valence electrons. The first kappa shape index (κ1) is 25.0. The molecule has 0 aromatic heterocycles. The van der Waals surface area contributed by atoms with Gasteiger partial charge < -0.3 is 5.11 Å². The van der Waals surface area contributed by atoms with Crippen LogP contribution in [0.2, 0.25) is 0 Å². The monoisotopic (exact) mass is 169 g/mol. The molecule has 0 atom stereocenters. The number of halogens is 3. The minimum Gasteiger partial charge on any atom is -0.381 e. The van der Waals surface area contributed by atoms with Gasteiger partial charge in [-0.05, 0) is 7.05 Å². The Balaban J connectivity index is -0.0000000150. The maximum absolute atomic E-state index is 7.76. The third-order valence-corrected chi connectivity index (χ3v) is 0.158. The fraction of sp³-hybridized carbons (Fsp3) is 1.00. The Bertz CT molecular complexity index is 14.9. The fourth-order valence-electron chi connectivity index (χ4n) is 0. The van der Waals surface area contributed by atoms with Crippen LogP contribution in [-0.2, 0) is 0 Å². The number of hydrogen-bond acceptors (Lipinski definition) is 2. The Morgan fingerprint density at radius 3 is 1.43 bits per heavy atom. The largest absolute Gasteiger partial charge is 0.381 e. The molecule has 0 aliphatic rings. The van der Waals surface area contributed by atoms with Gasteiger partial charge >= 0.3 is 0 Å². The number of aliphatic hydroxyl groups is 1. The van der Waals surface area contributed by atoms with Crippen LogP contribution in [-0.4, -0.2) is 18.9 Å². The van der Waals surface area contributed by atoms with Crippen molar-refractivity contribution in [2.24, 2.45) is 0 Å². The standard InChI is InChI=1S/C2H7NO.3ClH/c1-3-2-4;;;/h3-4H,2H2,1H3;3*1H. The number of aliphatic hydroxyl groups excluding tert-OH is 1. The van der Waals surface area contributed by atoms with Gasteiger partial charge in [-0.1, -0.05) is 0 Å². The van der Waals surface area contributed by atoms with Crippen LogP contribution < -0.4 is 5.32 Å². The van der Waals surface area contributed by atoms with Crippen LogP contribution in [0.5, 0.6) is 0 Å². The Hall–Kier alpha value is 0.790. The first-order chi connectivity index (χ1) is 1.91. The SMILES string of the molecule is CNCO.Cl.Cl.Cl. The van der Waals surface area contributed by atoms with Crippen LogP contribution in [0, 0.1) is 0 Å². The molecule has 0 aromatic rings. The Morgan fingerprint density at radius 1 is 1.29 bits per heavy atom. The number of rotatable bonds is 1. The highest BCUT2D eigenvalue weighted by Crippen LogP contribution is 1.24. The smallest absolute Gasteiger partial charge is 0.0929 e. The third-order valence-electron chi connectivity index (χ3n) is 0.158. The maximum Gasteiger partial charge on any atom is 0.0929 e. The van der Waals surface area contributed by atoms with Crippen molar-refractivity contribution in [3.8, 4) is 0 Å². The lowest BCUT2D eigenvalue weighted by Gasteiger charge is -1.76. The van der Waals surface area contributed by atoms with E-state index in [1.54, 1.807) is 7.05 Å². The van der Waals surface area contributed by atoms with Gasteiger partial charge in [0.25, 0.3) is 0 Å². The predicted molar refractivity (Wildman–Crippen MR) is 37.9 cm³/mol. The molecule has 0 aromatic carbocycles. The van der Waals surface area contributed by atoms with Crippen LogP contribution in [0.25, 0.3) is 0 Å². The lowest BCUT2D eigenvalue weighted by atomic mass is 11.2. The summed E-state index contributed by atoms with van der Waals surface area (Å²) in [6.07, 6.45) is 0. The second kappa shape index (κ2) is 29.2. The van der Waals surface area contributed by atoms with Gasteiger partial charge in [0.15, 0.2) is 0 Å². The van der Waals surface area contributed by atoms with Gasteiger partial charge in [-0.3, -0.25) is 5.32 Å². The second-order valence-corrected chi connectivity index (χ2v) is 0.512. The zero-order chi connectivity index (χ0) is 3.41. The molecule has 0 saturated heterocycles. The van der Waals surface area contributed by atoms with Crippen molar-refractivity contribution in [1.82, 2.24) is 5.32 Å². The molecule has 0 radical (unpaired) electrons. The van der Waals surface area contributed by atoms with Crippen molar-refractivity contribution >= 4 is 37.2 Å². The normalized spacial score (nSPS) is 4.29. The molecule has 0 fully saturated rings. The van der Waals surface area contributed by atoms with Gasteiger partial charge in [-0.25, -0.2) is 0 Å². The minimum atomic E-state index is 0. The Labute approximate surface area is 61.9 Å². The van der Waals surface area contributed by atoms with E-state index < -0.39 is 0 Å². The quantitative estimate of drug-likeness (QED) is 0.559. The van der Waals surface area contributed by atoms with E-state index in [0.717, 1.165) is 0 Å². The Kier molecular flexibility index (Phi) is 104. The summed E-state index contributed by atoms with van der Waals surface area (Å²) in [5, 5.41) is 10.2. The summed E-state index contributed by atoms with van der Waals surface area (Å²) in [6.45, 7) is 0.0694. The Morgan fingerprint density at radius 2 is 1.43 bits per heavy atom. The lowest BCUT2D eigenvalue weighted by Crippen LogP contribution is -2.04. The molecule has 7 heavy (non-hydrogen) atoms. The van der Waals surface area contributed by atoms with E-state index in [0.29, 0.717) is 0 Å². The molecule has 0 rings (SSSR count). The molecule has 2 nitrogen and oxygen atoms in total. The fourth-order valence-corrected chi connectivity index (χ4v) is 0. The first-order valence-corrected chi connectivity index (χ1v) is 1.17. The maximum atomic E-state index is 7.76. The van der Waals surface area contributed by atoms with E-state index in [1.807, 2.05) is 0 Å². The molecule has 0 saturated carbocycles.